The number of rotatable bonds is 3. The number of aromatic carboxylic acids is 1. The number of carbonyl (C=O) groups is 1. The SMILES string of the molecule is O=C(O)c1ccc2nc(NC3C4C5CCC(C5)C34)oc2c1. The topological polar surface area (TPSA) is 75.4 Å². The van der Waals surface area contributed by atoms with Crippen LogP contribution in [0.4, 0.5) is 6.01 Å². The predicted molar refractivity (Wildman–Crippen MR) is 76.2 cm³/mol. The van der Waals surface area contributed by atoms with E-state index in [1.807, 2.05) is 0 Å². The van der Waals surface area contributed by atoms with Crippen molar-refractivity contribution < 1.29 is 14.3 Å². The lowest BCUT2D eigenvalue weighted by Gasteiger charge is -2.08. The summed E-state index contributed by atoms with van der Waals surface area (Å²) in [5.74, 6) is 2.48. The van der Waals surface area contributed by atoms with Gasteiger partial charge < -0.3 is 14.8 Å². The van der Waals surface area contributed by atoms with E-state index in [1.54, 1.807) is 12.1 Å². The first-order chi connectivity index (χ1) is 10.2. The first kappa shape index (κ1) is 11.6. The number of anilines is 1. The quantitative estimate of drug-likeness (QED) is 0.906. The number of carboxylic acid groups (broad SMARTS) is 1. The van der Waals surface area contributed by atoms with Crippen molar-refractivity contribution in [1.29, 1.82) is 0 Å². The Morgan fingerprint density at radius 2 is 2.05 bits per heavy atom. The van der Waals surface area contributed by atoms with Gasteiger partial charge in [0.05, 0.1) is 5.56 Å². The van der Waals surface area contributed by atoms with Crippen LogP contribution in [0.1, 0.15) is 29.6 Å². The van der Waals surface area contributed by atoms with Gasteiger partial charge in [0, 0.05) is 6.04 Å². The molecule has 4 atom stereocenters. The minimum atomic E-state index is -0.948. The summed E-state index contributed by atoms with van der Waals surface area (Å²) in [5, 5.41) is 12.4. The van der Waals surface area contributed by atoms with Gasteiger partial charge in [0.15, 0.2) is 5.58 Å². The number of hydrogen-bond acceptors (Lipinski definition) is 4. The third-order valence-electron chi connectivity index (χ3n) is 5.66. The van der Waals surface area contributed by atoms with E-state index in [-0.39, 0.29) is 5.56 Å². The highest BCUT2D eigenvalue weighted by Crippen LogP contribution is 2.66. The molecular formula is C16H16N2O3. The van der Waals surface area contributed by atoms with Gasteiger partial charge in [0.1, 0.15) is 5.52 Å². The van der Waals surface area contributed by atoms with E-state index < -0.39 is 5.97 Å². The second-order valence-electron chi connectivity index (χ2n) is 6.66. The maximum absolute atomic E-state index is 11.0. The minimum Gasteiger partial charge on any atom is -0.478 e. The molecule has 3 aliphatic carbocycles. The molecule has 5 nitrogen and oxygen atoms in total. The number of benzene rings is 1. The number of carboxylic acids is 1. The van der Waals surface area contributed by atoms with Crippen LogP contribution >= 0.6 is 0 Å². The first-order valence-corrected chi connectivity index (χ1v) is 7.61. The van der Waals surface area contributed by atoms with Gasteiger partial charge in [-0.3, -0.25) is 0 Å². The maximum atomic E-state index is 11.0. The Labute approximate surface area is 121 Å². The minimum absolute atomic E-state index is 0.228. The molecule has 1 aromatic carbocycles. The van der Waals surface area contributed by atoms with E-state index >= 15 is 0 Å². The molecule has 1 heterocycles. The molecule has 2 N–H and O–H groups in total. The van der Waals surface area contributed by atoms with Crippen LogP contribution in [0.2, 0.25) is 0 Å². The molecule has 3 aliphatic rings. The molecule has 2 aromatic rings. The summed E-state index contributed by atoms with van der Waals surface area (Å²) >= 11 is 0. The average molecular weight is 284 g/mol. The summed E-state index contributed by atoms with van der Waals surface area (Å²) in [7, 11) is 0. The van der Waals surface area contributed by atoms with Gasteiger partial charge in [-0.2, -0.15) is 4.98 Å². The molecular weight excluding hydrogens is 268 g/mol. The molecule has 5 rings (SSSR count). The van der Waals surface area contributed by atoms with E-state index in [2.05, 4.69) is 10.3 Å². The van der Waals surface area contributed by atoms with Crippen LogP contribution in [-0.4, -0.2) is 22.1 Å². The molecule has 3 saturated carbocycles. The monoisotopic (exact) mass is 284 g/mol. The third kappa shape index (κ3) is 1.57. The molecule has 108 valence electrons. The summed E-state index contributed by atoms with van der Waals surface area (Å²) in [6.45, 7) is 0. The van der Waals surface area contributed by atoms with Crippen LogP contribution in [0.15, 0.2) is 22.6 Å². The van der Waals surface area contributed by atoms with Gasteiger partial charge in [-0.1, -0.05) is 0 Å². The van der Waals surface area contributed by atoms with Gasteiger partial charge in [0.2, 0.25) is 0 Å². The molecule has 0 amide bonds. The van der Waals surface area contributed by atoms with Crippen molar-refractivity contribution in [3.8, 4) is 0 Å². The highest BCUT2D eigenvalue weighted by Gasteiger charge is 2.65. The Bertz CT molecular complexity index is 737. The van der Waals surface area contributed by atoms with Crippen molar-refractivity contribution >= 4 is 23.1 Å². The first-order valence-electron chi connectivity index (χ1n) is 7.61. The molecule has 0 saturated heterocycles. The summed E-state index contributed by atoms with van der Waals surface area (Å²) < 4.78 is 5.68. The highest BCUT2D eigenvalue weighted by atomic mass is 16.4. The summed E-state index contributed by atoms with van der Waals surface area (Å²) in [5.41, 5.74) is 1.47. The van der Waals surface area contributed by atoms with Crippen LogP contribution < -0.4 is 5.32 Å². The van der Waals surface area contributed by atoms with E-state index in [0.29, 0.717) is 23.2 Å². The Morgan fingerprint density at radius 1 is 1.29 bits per heavy atom. The van der Waals surface area contributed by atoms with Crippen molar-refractivity contribution in [1.82, 2.24) is 4.98 Å². The molecule has 5 heteroatoms. The predicted octanol–water partition coefficient (Wildman–Crippen LogP) is 2.98. The Morgan fingerprint density at radius 3 is 2.76 bits per heavy atom. The lowest BCUT2D eigenvalue weighted by atomic mass is 10.0. The molecule has 4 unspecified atom stereocenters. The zero-order valence-corrected chi connectivity index (χ0v) is 11.5. The zero-order valence-electron chi connectivity index (χ0n) is 11.5. The van der Waals surface area contributed by atoms with Crippen LogP contribution in [0.3, 0.4) is 0 Å². The average Bonchev–Trinajstić information content (AvgIpc) is 2.86. The van der Waals surface area contributed by atoms with E-state index in [0.717, 1.165) is 23.7 Å². The molecule has 0 radical (unpaired) electrons. The third-order valence-corrected chi connectivity index (χ3v) is 5.66. The lowest BCUT2D eigenvalue weighted by Crippen LogP contribution is -2.12. The van der Waals surface area contributed by atoms with Crippen molar-refractivity contribution in [3.05, 3.63) is 23.8 Å². The standard InChI is InChI=1S/C16H16N2O3/c19-15(20)9-3-4-10-11(6-9)21-16(17-10)18-14-12-7-1-2-8(5-7)13(12)14/h3-4,6-8,12-14H,1-2,5H2,(H,17,18)(H,19,20). The Kier molecular flexibility index (Phi) is 2.09. The smallest absolute Gasteiger partial charge is 0.335 e. The molecule has 1 aromatic heterocycles. The second kappa shape index (κ2) is 3.78. The van der Waals surface area contributed by atoms with E-state index in [9.17, 15) is 4.79 Å². The van der Waals surface area contributed by atoms with Crippen molar-refractivity contribution in [2.24, 2.45) is 23.7 Å². The second-order valence-corrected chi connectivity index (χ2v) is 6.66. The molecule has 0 aliphatic heterocycles. The normalized spacial score (nSPS) is 35.9. The van der Waals surface area contributed by atoms with Gasteiger partial charge in [0.25, 0.3) is 6.01 Å². The van der Waals surface area contributed by atoms with Gasteiger partial charge in [-0.25, -0.2) is 4.79 Å². The van der Waals surface area contributed by atoms with Crippen LogP contribution in [0, 0.1) is 23.7 Å². The number of fused-ring (bicyclic) bond motifs is 6. The summed E-state index contributed by atoms with van der Waals surface area (Å²) in [6.07, 6.45) is 4.20. The fraction of sp³-hybridized carbons (Fsp3) is 0.500. The fourth-order valence-electron chi connectivity index (χ4n) is 4.78. The maximum Gasteiger partial charge on any atom is 0.335 e. The molecule has 21 heavy (non-hydrogen) atoms. The Balaban J connectivity index is 1.40. The molecule has 0 spiro atoms. The molecule has 2 bridgehead atoms. The number of nitrogens with one attached hydrogen (secondary N) is 1. The van der Waals surface area contributed by atoms with Crippen molar-refractivity contribution in [2.75, 3.05) is 5.32 Å². The van der Waals surface area contributed by atoms with Crippen LogP contribution in [-0.2, 0) is 0 Å². The van der Waals surface area contributed by atoms with Gasteiger partial charge in [-0.15, -0.1) is 0 Å². The summed E-state index contributed by atoms with van der Waals surface area (Å²) in [6, 6.07) is 5.84. The van der Waals surface area contributed by atoms with Crippen molar-refractivity contribution in [3.63, 3.8) is 0 Å². The van der Waals surface area contributed by atoms with Crippen LogP contribution in [0.5, 0.6) is 0 Å². The van der Waals surface area contributed by atoms with E-state index in [4.69, 9.17) is 9.52 Å². The van der Waals surface area contributed by atoms with Gasteiger partial charge >= 0.3 is 5.97 Å². The number of aromatic nitrogens is 1. The fourth-order valence-corrected chi connectivity index (χ4v) is 4.78. The lowest BCUT2D eigenvalue weighted by molar-refractivity contribution is 0.0697. The Hall–Kier alpha value is -2.04. The van der Waals surface area contributed by atoms with Crippen molar-refractivity contribution in [2.45, 2.75) is 25.3 Å². The highest BCUT2D eigenvalue weighted by molar-refractivity contribution is 5.92. The largest absolute Gasteiger partial charge is 0.478 e. The summed E-state index contributed by atoms with van der Waals surface area (Å²) in [4.78, 5) is 15.4. The number of hydrogen-bond donors (Lipinski definition) is 2. The number of oxazole rings is 1. The zero-order chi connectivity index (χ0) is 14.1. The van der Waals surface area contributed by atoms with Crippen LogP contribution in [0.25, 0.3) is 11.1 Å². The number of nitrogens with zero attached hydrogens (tertiary/aromatic N) is 1. The van der Waals surface area contributed by atoms with E-state index in [1.165, 1.54) is 25.3 Å². The van der Waals surface area contributed by atoms with Gasteiger partial charge in [-0.05, 0) is 61.1 Å². The molecule has 3 fully saturated rings.